The van der Waals surface area contributed by atoms with Gasteiger partial charge >= 0.3 is 5.24 Å². The number of rotatable bonds is 4. The van der Waals surface area contributed by atoms with Gasteiger partial charge in [-0.2, -0.15) is 0 Å². The molecule has 1 aliphatic rings. The zero-order chi connectivity index (χ0) is 17.0. The highest BCUT2D eigenvalue weighted by Crippen LogP contribution is 2.25. The van der Waals surface area contributed by atoms with Crippen molar-refractivity contribution in [2.45, 2.75) is 51.5 Å². The molecule has 2 rings (SSSR count). The van der Waals surface area contributed by atoms with Gasteiger partial charge in [0.05, 0.1) is 6.10 Å². The fourth-order valence-corrected chi connectivity index (χ4v) is 2.48. The summed E-state index contributed by atoms with van der Waals surface area (Å²) in [6, 6.07) is 7.27. The van der Waals surface area contributed by atoms with E-state index >= 15 is 0 Å². The first-order valence-corrected chi connectivity index (χ1v) is 7.91. The molecule has 23 heavy (non-hydrogen) atoms. The number of ether oxygens (including phenoxy) is 4. The molecule has 5 atom stereocenters. The van der Waals surface area contributed by atoms with Crippen molar-refractivity contribution in [1.82, 2.24) is 0 Å². The predicted octanol–water partition coefficient (Wildman–Crippen LogP) is 1.55. The summed E-state index contributed by atoms with van der Waals surface area (Å²) in [6.07, 6.45) is -4.68. The third-order valence-electron chi connectivity index (χ3n) is 3.57. The van der Waals surface area contributed by atoms with Gasteiger partial charge in [-0.1, -0.05) is 17.7 Å². The molecule has 0 bridgehead atoms. The van der Waals surface area contributed by atoms with Crippen LogP contribution in [0, 0.1) is 6.92 Å². The molecule has 2 N–H and O–H groups in total. The molecule has 1 saturated heterocycles. The van der Waals surface area contributed by atoms with E-state index in [4.69, 9.17) is 31.2 Å². The zero-order valence-corrected chi connectivity index (χ0v) is 14.2. The molecule has 128 valence electrons. The maximum atomic E-state index is 10.2. The summed E-state index contributed by atoms with van der Waals surface area (Å²) < 4.78 is 21.6. The van der Waals surface area contributed by atoms with Gasteiger partial charge in [0.15, 0.2) is 12.4 Å². The van der Waals surface area contributed by atoms with Crippen LogP contribution in [-0.4, -0.2) is 52.8 Å². The lowest BCUT2D eigenvalue weighted by Crippen LogP contribution is -2.59. The molecule has 1 heterocycles. The van der Waals surface area contributed by atoms with E-state index in [-0.39, 0.29) is 5.24 Å². The van der Waals surface area contributed by atoms with Gasteiger partial charge in [-0.05, 0) is 32.9 Å². The zero-order valence-electron chi connectivity index (χ0n) is 13.3. The summed E-state index contributed by atoms with van der Waals surface area (Å²) in [5.74, 6) is 0.519. The van der Waals surface area contributed by atoms with Crippen LogP contribution in [0.15, 0.2) is 24.3 Å². The second-order valence-electron chi connectivity index (χ2n) is 5.39. The second kappa shape index (κ2) is 8.03. The molecule has 1 aromatic rings. The summed E-state index contributed by atoms with van der Waals surface area (Å²) in [4.78, 5) is 0. The molecule has 0 spiro atoms. The van der Waals surface area contributed by atoms with Crippen LogP contribution in [0.2, 0.25) is 0 Å². The van der Waals surface area contributed by atoms with E-state index < -0.39 is 30.7 Å². The molecule has 7 heteroatoms. The van der Waals surface area contributed by atoms with Gasteiger partial charge in [-0.3, -0.25) is 0 Å². The van der Waals surface area contributed by atoms with Crippen molar-refractivity contribution in [3.63, 3.8) is 0 Å². The van der Waals surface area contributed by atoms with E-state index in [0.29, 0.717) is 12.4 Å². The fourth-order valence-electron chi connectivity index (χ4n) is 2.28. The van der Waals surface area contributed by atoms with Gasteiger partial charge in [-0.25, -0.2) is 0 Å². The van der Waals surface area contributed by atoms with Crippen LogP contribution in [0.25, 0.3) is 0 Å². The van der Waals surface area contributed by atoms with Crippen molar-refractivity contribution in [2.24, 2.45) is 0 Å². The summed E-state index contributed by atoms with van der Waals surface area (Å²) in [5, 5.41) is 20.2. The first kappa shape index (κ1) is 18.1. The van der Waals surface area contributed by atoms with E-state index in [1.54, 1.807) is 26.0 Å². The summed E-state index contributed by atoms with van der Waals surface area (Å²) in [7, 11) is 0. The van der Waals surface area contributed by atoms with Gasteiger partial charge in [0.2, 0.25) is 0 Å². The standard InChI is InChI=1S/C16H22O6S/c1-4-19-15-13(18)14(12(17)10(3)20-15)22-16(23)21-11-7-5-9(2)6-8-11/h5-8,10,12-15,17-18H,4H2,1-3H3/t10-,12+,13-,14+,15+/m0/s1. The number of aliphatic hydroxyl groups excluding tert-OH is 2. The third kappa shape index (κ3) is 4.62. The Kier molecular flexibility index (Phi) is 6.32. The van der Waals surface area contributed by atoms with Gasteiger partial charge in [-0.15, -0.1) is 0 Å². The highest BCUT2D eigenvalue weighted by atomic mass is 32.1. The number of thiocarbonyl (C=S) groups is 1. The average Bonchev–Trinajstić information content (AvgIpc) is 2.51. The Hall–Kier alpha value is -1.25. The molecule has 0 radical (unpaired) electrons. The molecule has 6 nitrogen and oxygen atoms in total. The smallest absolute Gasteiger partial charge is 0.358 e. The third-order valence-corrected chi connectivity index (χ3v) is 3.75. The van der Waals surface area contributed by atoms with Crippen LogP contribution in [-0.2, 0) is 14.2 Å². The number of aliphatic hydroxyl groups is 2. The van der Waals surface area contributed by atoms with Crippen LogP contribution in [0.4, 0.5) is 0 Å². The molecule has 0 aromatic heterocycles. The molecule has 0 amide bonds. The first-order chi connectivity index (χ1) is 10.9. The van der Waals surface area contributed by atoms with Gasteiger partial charge < -0.3 is 29.2 Å². The monoisotopic (exact) mass is 342 g/mol. The highest BCUT2D eigenvalue weighted by molar-refractivity contribution is 7.79. The molecule has 0 unspecified atom stereocenters. The summed E-state index contributed by atoms with van der Waals surface area (Å²) in [6.45, 7) is 5.78. The first-order valence-electron chi connectivity index (χ1n) is 7.50. The SMILES string of the molecule is CCO[C@@H]1O[C@@H](C)[C@@H](O)[C@@H](OC(=S)Oc2ccc(C)cc2)[C@@H]1O. The Morgan fingerprint density at radius 2 is 1.87 bits per heavy atom. The quantitative estimate of drug-likeness (QED) is 0.804. The Labute approximate surface area is 140 Å². The molecule has 1 fully saturated rings. The number of hydrogen-bond acceptors (Lipinski definition) is 7. The number of aryl methyl sites for hydroxylation is 1. The van der Waals surface area contributed by atoms with Crippen LogP contribution < -0.4 is 4.74 Å². The van der Waals surface area contributed by atoms with Crippen molar-refractivity contribution >= 4 is 17.5 Å². The van der Waals surface area contributed by atoms with Gasteiger partial charge in [0.25, 0.3) is 0 Å². The van der Waals surface area contributed by atoms with Crippen molar-refractivity contribution in [1.29, 1.82) is 0 Å². The molecular formula is C16H22O6S. The highest BCUT2D eigenvalue weighted by Gasteiger charge is 2.45. The Balaban J connectivity index is 2.00. The van der Waals surface area contributed by atoms with Crippen LogP contribution >= 0.6 is 12.2 Å². The molecule has 0 aliphatic carbocycles. The second-order valence-corrected chi connectivity index (χ2v) is 5.73. The van der Waals surface area contributed by atoms with Crippen LogP contribution in [0.1, 0.15) is 19.4 Å². The molecular weight excluding hydrogens is 320 g/mol. The summed E-state index contributed by atoms with van der Waals surface area (Å²) >= 11 is 5.05. The van der Waals surface area contributed by atoms with Gasteiger partial charge in [0, 0.05) is 18.8 Å². The average molecular weight is 342 g/mol. The van der Waals surface area contributed by atoms with Gasteiger partial charge in [0.1, 0.15) is 18.0 Å². The van der Waals surface area contributed by atoms with Crippen LogP contribution in [0.5, 0.6) is 5.75 Å². The lowest BCUT2D eigenvalue weighted by atomic mass is 10.00. The minimum Gasteiger partial charge on any atom is -0.447 e. The lowest BCUT2D eigenvalue weighted by molar-refractivity contribution is -0.290. The minimum absolute atomic E-state index is 0.179. The maximum absolute atomic E-state index is 10.2. The van der Waals surface area contributed by atoms with E-state index in [9.17, 15) is 10.2 Å². The lowest BCUT2D eigenvalue weighted by Gasteiger charge is -2.40. The van der Waals surface area contributed by atoms with Crippen LogP contribution in [0.3, 0.4) is 0 Å². The minimum atomic E-state index is -1.18. The Morgan fingerprint density at radius 1 is 1.22 bits per heavy atom. The number of benzene rings is 1. The number of hydrogen-bond donors (Lipinski definition) is 2. The van der Waals surface area contributed by atoms with E-state index in [1.807, 2.05) is 19.1 Å². The predicted molar refractivity (Wildman–Crippen MR) is 87.3 cm³/mol. The fraction of sp³-hybridized carbons (Fsp3) is 0.562. The van der Waals surface area contributed by atoms with Crippen molar-refractivity contribution in [2.75, 3.05) is 6.61 Å². The molecule has 0 saturated carbocycles. The largest absolute Gasteiger partial charge is 0.447 e. The Morgan fingerprint density at radius 3 is 2.48 bits per heavy atom. The topological polar surface area (TPSA) is 77.4 Å². The molecule has 1 aromatic carbocycles. The van der Waals surface area contributed by atoms with Crippen molar-refractivity contribution < 1.29 is 29.2 Å². The van der Waals surface area contributed by atoms with E-state index in [2.05, 4.69) is 0 Å². The van der Waals surface area contributed by atoms with Crippen molar-refractivity contribution in [3.05, 3.63) is 29.8 Å². The Bertz CT molecular complexity index is 520. The summed E-state index contributed by atoms with van der Waals surface area (Å²) in [5.41, 5.74) is 1.09. The van der Waals surface area contributed by atoms with E-state index in [1.165, 1.54) is 0 Å². The van der Waals surface area contributed by atoms with E-state index in [0.717, 1.165) is 5.56 Å². The molecule has 1 aliphatic heterocycles. The normalized spacial score (nSPS) is 30.7. The van der Waals surface area contributed by atoms with Crippen molar-refractivity contribution in [3.8, 4) is 5.75 Å². The maximum Gasteiger partial charge on any atom is 0.358 e.